The molecule has 2 aromatic carbocycles. The Morgan fingerprint density at radius 3 is 2.39 bits per heavy atom. The van der Waals surface area contributed by atoms with Gasteiger partial charge in [0.05, 0.1) is 4.90 Å². The Kier molecular flexibility index (Phi) is 4.10. The molecule has 2 aromatic rings. The van der Waals surface area contributed by atoms with Gasteiger partial charge in [0.25, 0.3) is 10.0 Å². The first kappa shape index (κ1) is 15.9. The zero-order valence-electron chi connectivity index (χ0n) is 13.4. The highest BCUT2D eigenvalue weighted by Crippen LogP contribution is 2.43. The molecule has 120 valence electrons. The van der Waals surface area contributed by atoms with Crippen LogP contribution in [0.25, 0.3) is 6.08 Å². The SMILES string of the molecule is CC(C)=Cc1ccccc1C1ON1S(=O)(=O)c1ccc(C)cc1. The third-order valence-corrected chi connectivity index (χ3v) is 5.23. The predicted molar refractivity (Wildman–Crippen MR) is 89.8 cm³/mol. The average molecular weight is 329 g/mol. The molecule has 0 spiro atoms. The maximum atomic E-state index is 12.6. The van der Waals surface area contributed by atoms with E-state index in [1.54, 1.807) is 24.3 Å². The van der Waals surface area contributed by atoms with E-state index in [0.717, 1.165) is 26.7 Å². The van der Waals surface area contributed by atoms with Crippen LogP contribution in [-0.2, 0) is 14.9 Å². The van der Waals surface area contributed by atoms with Gasteiger partial charge in [0.15, 0.2) is 6.23 Å². The van der Waals surface area contributed by atoms with Crippen molar-refractivity contribution < 1.29 is 13.3 Å². The Hall–Kier alpha value is -1.95. The van der Waals surface area contributed by atoms with Crippen LogP contribution in [-0.4, -0.2) is 12.9 Å². The molecule has 1 saturated heterocycles. The molecule has 3 rings (SSSR count). The molecule has 0 aromatic heterocycles. The lowest BCUT2D eigenvalue weighted by atomic mass is 10.1. The summed E-state index contributed by atoms with van der Waals surface area (Å²) in [4.78, 5) is 5.63. The maximum Gasteiger partial charge on any atom is 0.267 e. The molecule has 0 radical (unpaired) electrons. The highest BCUT2D eigenvalue weighted by Gasteiger charge is 2.49. The predicted octanol–water partition coefficient (Wildman–Crippen LogP) is 4.05. The number of hydrogen-bond donors (Lipinski definition) is 0. The van der Waals surface area contributed by atoms with Crippen molar-refractivity contribution in [2.75, 3.05) is 0 Å². The number of rotatable bonds is 4. The second-order valence-corrected chi connectivity index (χ2v) is 7.66. The minimum Gasteiger partial charge on any atom is -0.253 e. The number of aryl methyl sites for hydroxylation is 1. The summed E-state index contributed by atoms with van der Waals surface area (Å²) in [6, 6.07) is 14.4. The molecular formula is C18H19NO3S. The van der Waals surface area contributed by atoms with E-state index < -0.39 is 16.3 Å². The van der Waals surface area contributed by atoms with E-state index in [1.807, 2.05) is 51.1 Å². The molecule has 1 aliphatic heterocycles. The van der Waals surface area contributed by atoms with E-state index in [9.17, 15) is 8.42 Å². The summed E-state index contributed by atoms with van der Waals surface area (Å²) < 4.78 is 26.3. The van der Waals surface area contributed by atoms with E-state index in [0.29, 0.717) is 0 Å². The fourth-order valence-corrected chi connectivity index (χ4v) is 3.66. The quantitative estimate of drug-likeness (QED) is 0.795. The fraction of sp³-hybridized carbons (Fsp3) is 0.222. The van der Waals surface area contributed by atoms with Crippen LogP contribution in [0.4, 0.5) is 0 Å². The number of nitrogens with zero attached hydrogens (tertiary/aromatic N) is 1. The number of hydrogen-bond acceptors (Lipinski definition) is 3. The van der Waals surface area contributed by atoms with Crippen molar-refractivity contribution >= 4 is 16.1 Å². The Morgan fingerprint density at radius 1 is 1.09 bits per heavy atom. The highest BCUT2D eigenvalue weighted by molar-refractivity contribution is 7.89. The third kappa shape index (κ3) is 3.22. The second-order valence-electron chi connectivity index (χ2n) is 5.88. The van der Waals surface area contributed by atoms with Gasteiger partial charge < -0.3 is 0 Å². The summed E-state index contributed by atoms with van der Waals surface area (Å²) >= 11 is 0. The first-order chi connectivity index (χ1) is 10.9. The number of benzene rings is 2. The molecule has 4 nitrogen and oxygen atoms in total. The summed E-state index contributed by atoms with van der Waals surface area (Å²) in [6.07, 6.45) is 1.46. The number of allylic oxidation sites excluding steroid dienone is 1. The number of sulfonamides is 1. The van der Waals surface area contributed by atoms with Crippen molar-refractivity contribution in [3.8, 4) is 0 Å². The largest absolute Gasteiger partial charge is 0.267 e. The number of hydroxylamine groups is 1. The van der Waals surface area contributed by atoms with Gasteiger partial charge >= 0.3 is 0 Å². The van der Waals surface area contributed by atoms with Crippen molar-refractivity contribution in [2.45, 2.75) is 31.9 Å². The lowest BCUT2D eigenvalue weighted by Crippen LogP contribution is -2.12. The van der Waals surface area contributed by atoms with E-state index in [4.69, 9.17) is 4.84 Å². The Labute approximate surface area is 137 Å². The minimum atomic E-state index is -3.63. The summed E-state index contributed by atoms with van der Waals surface area (Å²) in [5, 5.41) is 0. The zero-order chi connectivity index (χ0) is 16.6. The van der Waals surface area contributed by atoms with Crippen LogP contribution in [0, 0.1) is 6.92 Å². The molecule has 1 fully saturated rings. The molecule has 1 aliphatic rings. The van der Waals surface area contributed by atoms with Crippen molar-refractivity contribution in [1.29, 1.82) is 0 Å². The maximum absolute atomic E-state index is 12.6. The summed E-state index contributed by atoms with van der Waals surface area (Å²) in [5.41, 5.74) is 3.98. The lowest BCUT2D eigenvalue weighted by molar-refractivity contribution is 0.283. The van der Waals surface area contributed by atoms with Crippen molar-refractivity contribution in [2.24, 2.45) is 0 Å². The van der Waals surface area contributed by atoms with Gasteiger partial charge in [0.2, 0.25) is 0 Å². The van der Waals surface area contributed by atoms with Gasteiger partial charge in [0, 0.05) is 5.56 Å². The summed E-state index contributed by atoms with van der Waals surface area (Å²) in [7, 11) is -3.63. The van der Waals surface area contributed by atoms with E-state index in [1.165, 1.54) is 0 Å². The smallest absolute Gasteiger partial charge is 0.253 e. The van der Waals surface area contributed by atoms with Crippen LogP contribution in [0.5, 0.6) is 0 Å². The van der Waals surface area contributed by atoms with Crippen LogP contribution in [0.1, 0.15) is 36.8 Å². The van der Waals surface area contributed by atoms with Gasteiger partial charge in [-0.15, -0.1) is 0 Å². The van der Waals surface area contributed by atoms with Crippen LogP contribution in [0.15, 0.2) is 59.0 Å². The van der Waals surface area contributed by atoms with Gasteiger partial charge in [-0.1, -0.05) is 53.6 Å². The highest BCUT2D eigenvalue weighted by atomic mass is 32.2. The monoisotopic (exact) mass is 329 g/mol. The molecule has 0 saturated carbocycles. The third-order valence-electron chi connectivity index (χ3n) is 3.61. The molecule has 0 amide bonds. The van der Waals surface area contributed by atoms with Crippen molar-refractivity contribution in [1.82, 2.24) is 4.47 Å². The molecule has 2 unspecified atom stereocenters. The molecule has 5 heteroatoms. The Morgan fingerprint density at radius 2 is 1.74 bits per heavy atom. The average Bonchev–Trinajstić information content (AvgIpc) is 3.29. The standard InChI is InChI=1S/C18H19NO3S/c1-13(2)12-15-6-4-5-7-17(15)18-19(22-18)23(20,21)16-10-8-14(3)9-11-16/h4-12,18H,1-3H3. The summed E-state index contributed by atoms with van der Waals surface area (Å²) in [6.45, 7) is 5.93. The zero-order valence-corrected chi connectivity index (χ0v) is 14.2. The topological polar surface area (TPSA) is 49.7 Å². The molecular weight excluding hydrogens is 310 g/mol. The molecule has 23 heavy (non-hydrogen) atoms. The first-order valence-corrected chi connectivity index (χ1v) is 8.85. The molecule has 2 atom stereocenters. The van der Waals surface area contributed by atoms with E-state index >= 15 is 0 Å². The van der Waals surface area contributed by atoms with Crippen molar-refractivity contribution in [3.63, 3.8) is 0 Å². The van der Waals surface area contributed by atoms with Crippen molar-refractivity contribution in [3.05, 3.63) is 70.8 Å². The Balaban J connectivity index is 1.90. The van der Waals surface area contributed by atoms with E-state index in [-0.39, 0.29) is 4.90 Å². The summed E-state index contributed by atoms with van der Waals surface area (Å²) in [5.74, 6) is 0. The minimum absolute atomic E-state index is 0.241. The van der Waals surface area contributed by atoms with E-state index in [2.05, 4.69) is 0 Å². The van der Waals surface area contributed by atoms with Crippen LogP contribution >= 0.6 is 0 Å². The normalized spacial score (nSPS) is 20.1. The molecule has 1 heterocycles. The Bertz CT molecular complexity index is 850. The van der Waals surface area contributed by atoms with Crippen LogP contribution in [0.3, 0.4) is 0 Å². The first-order valence-electron chi connectivity index (χ1n) is 7.41. The van der Waals surface area contributed by atoms with Gasteiger partial charge in [-0.25, -0.2) is 8.42 Å². The second kappa shape index (κ2) is 5.92. The molecule has 0 aliphatic carbocycles. The molecule has 0 bridgehead atoms. The lowest BCUT2D eigenvalue weighted by Gasteiger charge is -2.05. The van der Waals surface area contributed by atoms with Gasteiger partial charge in [-0.3, -0.25) is 4.84 Å². The molecule has 0 N–H and O–H groups in total. The van der Waals surface area contributed by atoms with Gasteiger partial charge in [0.1, 0.15) is 0 Å². The van der Waals surface area contributed by atoms with Gasteiger partial charge in [-0.05, 0) is 42.9 Å². The van der Waals surface area contributed by atoms with Crippen LogP contribution < -0.4 is 0 Å². The van der Waals surface area contributed by atoms with Gasteiger partial charge in [-0.2, -0.15) is 0 Å². The van der Waals surface area contributed by atoms with Crippen LogP contribution in [0.2, 0.25) is 0 Å². The fourth-order valence-electron chi connectivity index (χ4n) is 2.42.